The molecule has 0 aromatic rings. The Morgan fingerprint density at radius 1 is 1.29 bits per heavy atom. The number of hydrogen-bond acceptors (Lipinski definition) is 3. The van der Waals surface area contributed by atoms with Crippen LogP contribution in [0.25, 0.3) is 0 Å². The largest absolute Gasteiger partial charge is 0.312 e. The van der Waals surface area contributed by atoms with Crippen molar-refractivity contribution in [1.29, 1.82) is 0 Å². The molecule has 17 heavy (non-hydrogen) atoms. The molecule has 0 radical (unpaired) electrons. The Bertz CT molecular complexity index is 249. The standard InChI is InChI=1S/C14H28N2S/c1-11-10-16(7-8-17-11)13-6-5-12(13)9-15-14(2,3)4/h11-13,15H,5-10H2,1-4H3. The fourth-order valence-corrected chi connectivity index (χ4v) is 3.89. The Morgan fingerprint density at radius 3 is 2.59 bits per heavy atom. The smallest absolute Gasteiger partial charge is 0.0147 e. The van der Waals surface area contributed by atoms with E-state index in [1.807, 2.05) is 0 Å². The number of nitrogens with zero attached hydrogens (tertiary/aromatic N) is 1. The SMILES string of the molecule is CC1CN(C2CCC2CNC(C)(C)C)CCS1. The molecular weight excluding hydrogens is 228 g/mol. The normalized spacial score (nSPS) is 35.6. The van der Waals surface area contributed by atoms with Crippen LogP contribution in [0.3, 0.4) is 0 Å². The number of hydrogen-bond donors (Lipinski definition) is 1. The molecule has 1 heterocycles. The molecule has 2 fully saturated rings. The summed E-state index contributed by atoms with van der Waals surface area (Å²) in [7, 11) is 0. The lowest BCUT2D eigenvalue weighted by molar-refractivity contribution is 0.0618. The van der Waals surface area contributed by atoms with Crippen molar-refractivity contribution in [2.24, 2.45) is 5.92 Å². The van der Waals surface area contributed by atoms with Gasteiger partial charge in [-0.05, 0) is 46.1 Å². The molecule has 2 aliphatic rings. The first-order valence-corrected chi connectivity index (χ1v) is 8.11. The highest BCUT2D eigenvalue weighted by molar-refractivity contribution is 7.99. The van der Waals surface area contributed by atoms with Crippen molar-refractivity contribution in [2.75, 3.05) is 25.4 Å². The molecule has 1 aliphatic carbocycles. The minimum Gasteiger partial charge on any atom is -0.312 e. The maximum Gasteiger partial charge on any atom is 0.0147 e. The fourth-order valence-electron chi connectivity index (χ4n) is 2.85. The zero-order chi connectivity index (χ0) is 12.5. The Kier molecular flexibility index (Phi) is 4.43. The Hall–Kier alpha value is 0.270. The third-order valence-corrected chi connectivity index (χ3v) is 5.15. The van der Waals surface area contributed by atoms with Gasteiger partial charge < -0.3 is 5.32 Å². The molecule has 3 atom stereocenters. The van der Waals surface area contributed by atoms with Crippen molar-refractivity contribution in [3.05, 3.63) is 0 Å². The van der Waals surface area contributed by atoms with E-state index in [0.717, 1.165) is 17.2 Å². The third kappa shape index (κ3) is 3.87. The summed E-state index contributed by atoms with van der Waals surface area (Å²) in [5.74, 6) is 2.22. The zero-order valence-corrected chi connectivity index (χ0v) is 12.6. The van der Waals surface area contributed by atoms with Crippen LogP contribution in [-0.4, -0.2) is 47.1 Å². The van der Waals surface area contributed by atoms with Crippen molar-refractivity contribution >= 4 is 11.8 Å². The third-order valence-electron chi connectivity index (χ3n) is 4.01. The quantitative estimate of drug-likeness (QED) is 0.835. The van der Waals surface area contributed by atoms with E-state index in [4.69, 9.17) is 0 Å². The first-order valence-electron chi connectivity index (χ1n) is 7.06. The van der Waals surface area contributed by atoms with Gasteiger partial charge in [-0.3, -0.25) is 4.90 Å². The molecule has 0 aromatic heterocycles. The van der Waals surface area contributed by atoms with Crippen molar-refractivity contribution in [3.63, 3.8) is 0 Å². The average molecular weight is 256 g/mol. The average Bonchev–Trinajstić information content (AvgIpc) is 2.14. The maximum atomic E-state index is 3.67. The van der Waals surface area contributed by atoms with Crippen LogP contribution < -0.4 is 5.32 Å². The molecule has 2 rings (SSSR count). The topological polar surface area (TPSA) is 15.3 Å². The van der Waals surface area contributed by atoms with Crippen LogP contribution in [0.2, 0.25) is 0 Å². The second kappa shape index (κ2) is 5.50. The van der Waals surface area contributed by atoms with Gasteiger partial charge in [0.1, 0.15) is 0 Å². The fraction of sp³-hybridized carbons (Fsp3) is 1.00. The molecule has 1 saturated heterocycles. The molecule has 0 spiro atoms. The second-order valence-corrected chi connectivity index (χ2v) is 8.26. The van der Waals surface area contributed by atoms with E-state index in [0.29, 0.717) is 0 Å². The van der Waals surface area contributed by atoms with Crippen LogP contribution in [0, 0.1) is 5.92 Å². The van der Waals surface area contributed by atoms with Gasteiger partial charge in [0, 0.05) is 35.7 Å². The molecule has 2 nitrogen and oxygen atoms in total. The van der Waals surface area contributed by atoms with Gasteiger partial charge in [-0.1, -0.05) is 6.92 Å². The molecule has 3 unspecified atom stereocenters. The predicted octanol–water partition coefficient (Wildman–Crippen LogP) is 2.59. The minimum absolute atomic E-state index is 0.269. The number of rotatable bonds is 3. The second-order valence-electron chi connectivity index (χ2n) is 6.71. The Morgan fingerprint density at radius 2 is 2.06 bits per heavy atom. The summed E-state index contributed by atoms with van der Waals surface area (Å²) in [5, 5.41) is 4.51. The number of thioether (sulfide) groups is 1. The van der Waals surface area contributed by atoms with E-state index in [1.54, 1.807) is 0 Å². The van der Waals surface area contributed by atoms with E-state index in [2.05, 4.69) is 49.7 Å². The van der Waals surface area contributed by atoms with Gasteiger partial charge >= 0.3 is 0 Å². The molecule has 100 valence electrons. The minimum atomic E-state index is 0.269. The van der Waals surface area contributed by atoms with Gasteiger partial charge in [-0.25, -0.2) is 0 Å². The summed E-state index contributed by atoms with van der Waals surface area (Å²) in [6, 6.07) is 0.869. The van der Waals surface area contributed by atoms with Crippen molar-refractivity contribution in [2.45, 2.75) is 57.4 Å². The van der Waals surface area contributed by atoms with E-state index in [1.165, 1.54) is 38.2 Å². The zero-order valence-electron chi connectivity index (χ0n) is 11.8. The van der Waals surface area contributed by atoms with E-state index in [-0.39, 0.29) is 5.54 Å². The molecule has 1 aliphatic heterocycles. The van der Waals surface area contributed by atoms with E-state index in [9.17, 15) is 0 Å². The molecule has 0 amide bonds. The first kappa shape index (κ1) is 13.7. The van der Waals surface area contributed by atoms with Crippen molar-refractivity contribution < 1.29 is 0 Å². The van der Waals surface area contributed by atoms with E-state index < -0.39 is 0 Å². The van der Waals surface area contributed by atoms with Gasteiger partial charge in [0.2, 0.25) is 0 Å². The van der Waals surface area contributed by atoms with Crippen LogP contribution in [0.15, 0.2) is 0 Å². The van der Waals surface area contributed by atoms with Gasteiger partial charge in [0.25, 0.3) is 0 Å². The summed E-state index contributed by atoms with van der Waals surface area (Å²) in [5.41, 5.74) is 0.269. The maximum absolute atomic E-state index is 3.67. The summed E-state index contributed by atoms with van der Waals surface area (Å²) < 4.78 is 0. The van der Waals surface area contributed by atoms with Gasteiger partial charge in [0.05, 0.1) is 0 Å². The molecule has 0 aromatic carbocycles. The van der Waals surface area contributed by atoms with Crippen molar-refractivity contribution in [3.8, 4) is 0 Å². The first-order chi connectivity index (χ1) is 7.96. The van der Waals surface area contributed by atoms with Crippen LogP contribution in [-0.2, 0) is 0 Å². The molecule has 1 N–H and O–H groups in total. The van der Waals surface area contributed by atoms with Gasteiger partial charge in [0.15, 0.2) is 0 Å². The highest BCUT2D eigenvalue weighted by Crippen LogP contribution is 2.34. The Balaban J connectivity index is 1.78. The molecule has 3 heteroatoms. The van der Waals surface area contributed by atoms with Crippen LogP contribution >= 0.6 is 11.8 Å². The number of nitrogens with one attached hydrogen (secondary N) is 1. The van der Waals surface area contributed by atoms with Crippen LogP contribution in [0.1, 0.15) is 40.5 Å². The summed E-state index contributed by atoms with van der Waals surface area (Å²) >= 11 is 2.14. The summed E-state index contributed by atoms with van der Waals surface area (Å²) in [4.78, 5) is 2.75. The lowest BCUT2D eigenvalue weighted by atomic mass is 9.78. The van der Waals surface area contributed by atoms with Crippen LogP contribution in [0.5, 0.6) is 0 Å². The lowest BCUT2D eigenvalue weighted by Gasteiger charge is -2.47. The molecular formula is C14H28N2S. The predicted molar refractivity (Wildman–Crippen MR) is 77.8 cm³/mol. The summed E-state index contributed by atoms with van der Waals surface area (Å²) in [6.45, 7) is 13.0. The van der Waals surface area contributed by atoms with Gasteiger partial charge in [-0.2, -0.15) is 11.8 Å². The van der Waals surface area contributed by atoms with Crippen molar-refractivity contribution in [1.82, 2.24) is 10.2 Å². The molecule has 0 bridgehead atoms. The Labute approximate surface area is 111 Å². The van der Waals surface area contributed by atoms with E-state index >= 15 is 0 Å². The van der Waals surface area contributed by atoms with Crippen LogP contribution in [0.4, 0.5) is 0 Å². The lowest BCUT2D eigenvalue weighted by Crippen LogP contribution is -2.55. The molecule has 1 saturated carbocycles. The highest BCUT2D eigenvalue weighted by atomic mass is 32.2. The van der Waals surface area contributed by atoms with Gasteiger partial charge in [-0.15, -0.1) is 0 Å². The summed E-state index contributed by atoms with van der Waals surface area (Å²) in [6.07, 6.45) is 2.85. The highest BCUT2D eigenvalue weighted by Gasteiger charge is 2.37. The monoisotopic (exact) mass is 256 g/mol.